The van der Waals surface area contributed by atoms with Gasteiger partial charge in [0, 0.05) is 11.6 Å². The highest BCUT2D eigenvalue weighted by Gasteiger charge is 2.27. The lowest BCUT2D eigenvalue weighted by Gasteiger charge is -2.06. The Morgan fingerprint density at radius 3 is 2.78 bits per heavy atom. The number of halogens is 3. The molecule has 0 amide bonds. The molecule has 18 heavy (non-hydrogen) atoms. The molecule has 1 N–H and O–H groups in total. The van der Waals surface area contributed by atoms with E-state index in [2.05, 4.69) is 10.1 Å². The van der Waals surface area contributed by atoms with Crippen molar-refractivity contribution in [3.63, 3.8) is 0 Å². The summed E-state index contributed by atoms with van der Waals surface area (Å²) in [4.78, 5) is 0. The average molecular weight is 263 g/mol. The Bertz CT molecular complexity index is 397. The Morgan fingerprint density at radius 2 is 2.17 bits per heavy atom. The lowest BCUT2D eigenvalue weighted by molar-refractivity contribution is -0.176. The highest BCUT2D eigenvalue weighted by atomic mass is 19.4. The summed E-state index contributed by atoms with van der Waals surface area (Å²) in [6.07, 6.45) is -1.92. The largest absolute Gasteiger partial charge is 0.465 e. The van der Waals surface area contributed by atoms with E-state index in [1.54, 1.807) is 13.0 Å². The number of hydrogen-bond donors (Lipinski definition) is 1. The number of ether oxygens (including phenoxy) is 1. The van der Waals surface area contributed by atoms with Crippen molar-refractivity contribution in [3.05, 3.63) is 23.2 Å². The van der Waals surface area contributed by atoms with E-state index >= 15 is 0 Å². The Hall–Kier alpha value is -1.01. The monoisotopic (exact) mass is 263 g/mol. The van der Waals surface area contributed by atoms with E-state index in [1.165, 1.54) is 12.8 Å². The maximum Gasteiger partial charge on any atom is 0.411 e. The minimum atomic E-state index is -4.28. The minimum absolute atomic E-state index is 0.0712. The van der Waals surface area contributed by atoms with E-state index in [-0.39, 0.29) is 6.61 Å². The van der Waals surface area contributed by atoms with Crippen LogP contribution in [0.15, 0.2) is 10.5 Å². The lowest BCUT2D eigenvalue weighted by Crippen LogP contribution is -2.16. The van der Waals surface area contributed by atoms with Crippen molar-refractivity contribution in [2.75, 3.05) is 6.61 Å². The third kappa shape index (κ3) is 4.34. The van der Waals surface area contributed by atoms with E-state index in [9.17, 15) is 13.2 Å². The minimum Gasteiger partial charge on any atom is -0.465 e. The number of nitrogens with one attached hydrogen (secondary N) is 1. The zero-order valence-corrected chi connectivity index (χ0v) is 10.1. The van der Waals surface area contributed by atoms with Crippen molar-refractivity contribution in [2.24, 2.45) is 0 Å². The molecule has 1 fully saturated rings. The first-order valence-corrected chi connectivity index (χ1v) is 5.90. The van der Waals surface area contributed by atoms with Gasteiger partial charge in [0.15, 0.2) is 0 Å². The molecule has 1 aromatic heterocycles. The van der Waals surface area contributed by atoms with Crippen LogP contribution in [0.5, 0.6) is 0 Å². The summed E-state index contributed by atoms with van der Waals surface area (Å²) in [5, 5.41) is 3.28. The molecule has 0 aromatic carbocycles. The quantitative estimate of drug-likeness (QED) is 0.857. The Morgan fingerprint density at radius 1 is 1.44 bits per heavy atom. The highest BCUT2D eigenvalue weighted by molar-refractivity contribution is 5.20. The predicted molar refractivity (Wildman–Crippen MR) is 59.0 cm³/mol. The fourth-order valence-corrected chi connectivity index (χ4v) is 1.63. The van der Waals surface area contributed by atoms with Crippen LogP contribution in [0.25, 0.3) is 0 Å². The molecule has 0 unspecified atom stereocenters. The van der Waals surface area contributed by atoms with Gasteiger partial charge in [-0.1, -0.05) is 0 Å². The topological polar surface area (TPSA) is 34.4 Å². The van der Waals surface area contributed by atoms with Gasteiger partial charge in [-0.05, 0) is 25.8 Å². The Balaban J connectivity index is 1.80. The van der Waals surface area contributed by atoms with E-state index in [0.717, 1.165) is 5.76 Å². The first kappa shape index (κ1) is 13.4. The van der Waals surface area contributed by atoms with Gasteiger partial charge in [0.2, 0.25) is 0 Å². The first-order valence-electron chi connectivity index (χ1n) is 5.90. The summed E-state index contributed by atoms with van der Waals surface area (Å²) in [7, 11) is 0. The van der Waals surface area contributed by atoms with Gasteiger partial charge >= 0.3 is 6.18 Å². The molecule has 0 atom stereocenters. The van der Waals surface area contributed by atoms with E-state index in [0.29, 0.717) is 23.9 Å². The molecule has 0 aliphatic heterocycles. The molecule has 0 radical (unpaired) electrons. The molecule has 3 nitrogen and oxygen atoms in total. The summed E-state index contributed by atoms with van der Waals surface area (Å²) >= 11 is 0. The van der Waals surface area contributed by atoms with E-state index < -0.39 is 12.8 Å². The van der Waals surface area contributed by atoms with E-state index in [4.69, 9.17) is 4.42 Å². The summed E-state index contributed by atoms with van der Waals surface area (Å²) in [6.45, 7) is 1.04. The third-order valence-electron chi connectivity index (χ3n) is 2.74. The zero-order valence-electron chi connectivity index (χ0n) is 10.1. The second-order valence-corrected chi connectivity index (χ2v) is 4.56. The maximum absolute atomic E-state index is 11.9. The molecule has 1 saturated carbocycles. The first-order chi connectivity index (χ1) is 8.44. The number of aryl methyl sites for hydroxylation is 1. The summed E-state index contributed by atoms with van der Waals surface area (Å²) < 4.78 is 45.8. The molecule has 102 valence electrons. The van der Waals surface area contributed by atoms with Gasteiger partial charge in [-0.15, -0.1) is 0 Å². The average Bonchev–Trinajstić information content (AvgIpc) is 3.01. The van der Waals surface area contributed by atoms with Crippen LogP contribution < -0.4 is 5.32 Å². The highest BCUT2D eigenvalue weighted by Crippen LogP contribution is 2.22. The normalized spacial score (nSPS) is 16.2. The molecular formula is C12H16F3NO2. The van der Waals surface area contributed by atoms with Crippen molar-refractivity contribution in [3.8, 4) is 0 Å². The summed E-state index contributed by atoms with van der Waals surface area (Å²) in [6, 6.07) is 2.32. The second kappa shape index (κ2) is 5.32. The van der Waals surface area contributed by atoms with Crippen molar-refractivity contribution >= 4 is 0 Å². The summed E-state index contributed by atoms with van der Waals surface area (Å²) in [5.74, 6) is 1.36. The van der Waals surface area contributed by atoms with Gasteiger partial charge in [-0.3, -0.25) is 0 Å². The van der Waals surface area contributed by atoms with Gasteiger partial charge in [0.25, 0.3) is 0 Å². The number of furan rings is 1. The van der Waals surface area contributed by atoms with Crippen molar-refractivity contribution < 1.29 is 22.3 Å². The van der Waals surface area contributed by atoms with Crippen LogP contribution in [0, 0.1) is 6.92 Å². The van der Waals surface area contributed by atoms with Crippen LogP contribution >= 0.6 is 0 Å². The number of rotatable bonds is 6. The Kier molecular flexibility index (Phi) is 3.97. The van der Waals surface area contributed by atoms with Crippen LogP contribution in [0.4, 0.5) is 13.2 Å². The summed E-state index contributed by atoms with van der Waals surface area (Å²) in [5.41, 5.74) is 0.673. The number of alkyl halides is 3. The van der Waals surface area contributed by atoms with Gasteiger partial charge in [-0.2, -0.15) is 13.2 Å². The predicted octanol–water partition coefficient (Wildman–Crippen LogP) is 2.92. The van der Waals surface area contributed by atoms with Crippen LogP contribution in [-0.2, 0) is 17.9 Å². The molecule has 1 aliphatic carbocycles. The standard InChI is InChI=1S/C12H16F3NO2/c1-8-9(6-17-7-12(13,14)15)4-11(18-8)5-16-10-2-3-10/h4,10,16H,2-3,5-7H2,1H3. The molecular weight excluding hydrogens is 247 g/mol. The SMILES string of the molecule is Cc1oc(CNC2CC2)cc1COCC(F)(F)F. The van der Waals surface area contributed by atoms with Crippen LogP contribution in [0.2, 0.25) is 0 Å². The van der Waals surface area contributed by atoms with Crippen LogP contribution in [0.3, 0.4) is 0 Å². The Labute approximate surface area is 103 Å². The molecule has 0 saturated heterocycles. The molecule has 0 bridgehead atoms. The van der Waals surface area contributed by atoms with Gasteiger partial charge in [0.1, 0.15) is 18.1 Å². The second-order valence-electron chi connectivity index (χ2n) is 4.56. The maximum atomic E-state index is 11.9. The molecule has 1 aromatic rings. The van der Waals surface area contributed by atoms with Crippen LogP contribution in [-0.4, -0.2) is 18.8 Å². The van der Waals surface area contributed by atoms with Gasteiger partial charge in [0.05, 0.1) is 13.2 Å². The fraction of sp³-hybridized carbons (Fsp3) is 0.667. The van der Waals surface area contributed by atoms with Gasteiger partial charge < -0.3 is 14.5 Å². The molecule has 6 heteroatoms. The molecule has 1 aliphatic rings. The molecule has 1 heterocycles. The zero-order chi connectivity index (χ0) is 13.2. The van der Waals surface area contributed by atoms with Crippen molar-refractivity contribution in [1.29, 1.82) is 0 Å². The fourth-order valence-electron chi connectivity index (χ4n) is 1.63. The van der Waals surface area contributed by atoms with Crippen molar-refractivity contribution in [1.82, 2.24) is 5.32 Å². The molecule has 2 rings (SSSR count). The lowest BCUT2D eigenvalue weighted by atomic mass is 10.2. The van der Waals surface area contributed by atoms with E-state index in [1.807, 2.05) is 0 Å². The van der Waals surface area contributed by atoms with Crippen LogP contribution in [0.1, 0.15) is 29.9 Å². The molecule has 0 spiro atoms. The third-order valence-corrected chi connectivity index (χ3v) is 2.74. The number of hydrogen-bond acceptors (Lipinski definition) is 3. The van der Waals surface area contributed by atoms with Crippen molar-refractivity contribution in [2.45, 2.75) is 45.1 Å². The smallest absolute Gasteiger partial charge is 0.411 e. The van der Waals surface area contributed by atoms with Gasteiger partial charge in [-0.25, -0.2) is 0 Å².